The first-order chi connectivity index (χ1) is 18.7. The molecule has 0 bridgehead atoms. The molecular weight excluding hydrogens is 494 g/mol. The number of alkyl carbamates (subject to hydrolysis) is 1. The van der Waals surface area contributed by atoms with Crippen molar-refractivity contribution in [1.82, 2.24) is 15.7 Å². The van der Waals surface area contributed by atoms with Crippen molar-refractivity contribution >= 4 is 40.7 Å². The summed E-state index contributed by atoms with van der Waals surface area (Å²) >= 11 is 0. The molecule has 1 aliphatic heterocycles. The first kappa shape index (κ1) is 25.7. The predicted molar refractivity (Wildman–Crippen MR) is 151 cm³/mol. The van der Waals surface area contributed by atoms with E-state index in [0.29, 0.717) is 22.2 Å². The number of nitrogens with one attached hydrogen (secondary N) is 4. The molecule has 9 heteroatoms. The predicted octanol–water partition coefficient (Wildman–Crippen LogP) is 4.99. The maximum atomic E-state index is 13.5. The van der Waals surface area contributed by atoms with Crippen LogP contribution in [0.3, 0.4) is 0 Å². The Morgan fingerprint density at radius 1 is 1.00 bits per heavy atom. The molecule has 4 N–H and O–H groups in total. The summed E-state index contributed by atoms with van der Waals surface area (Å²) in [5.74, 6) is -0.839. The third-order valence-electron chi connectivity index (χ3n) is 6.16. The average Bonchev–Trinajstić information content (AvgIpc) is 3.17. The smallest absolute Gasteiger partial charge is 0.408 e. The molecule has 0 radical (unpaired) electrons. The van der Waals surface area contributed by atoms with Gasteiger partial charge in [0.1, 0.15) is 11.6 Å². The minimum Gasteiger partial charge on any atom is -0.444 e. The molecule has 0 fully saturated rings. The molecule has 9 nitrogen and oxygen atoms in total. The van der Waals surface area contributed by atoms with Crippen molar-refractivity contribution in [3.63, 3.8) is 0 Å². The minimum absolute atomic E-state index is 0.250. The van der Waals surface area contributed by atoms with Crippen LogP contribution in [0.4, 0.5) is 10.5 Å². The molecule has 0 aliphatic carbocycles. The summed E-state index contributed by atoms with van der Waals surface area (Å²) < 4.78 is 5.39. The molecular formula is C30H29N5O4. The monoisotopic (exact) mass is 523 g/mol. The van der Waals surface area contributed by atoms with Gasteiger partial charge < -0.3 is 20.4 Å². The lowest BCUT2D eigenvalue weighted by Crippen LogP contribution is -2.47. The van der Waals surface area contributed by atoms with Gasteiger partial charge in [0.2, 0.25) is 5.91 Å². The zero-order valence-electron chi connectivity index (χ0n) is 21.9. The minimum atomic E-state index is -0.923. The molecule has 3 aromatic carbocycles. The maximum Gasteiger partial charge on any atom is 0.408 e. The zero-order valence-corrected chi connectivity index (χ0v) is 21.9. The Balaban J connectivity index is 1.48. The number of benzene rings is 3. The molecule has 2 heterocycles. The molecule has 0 spiro atoms. The first-order valence-corrected chi connectivity index (χ1v) is 12.6. The van der Waals surface area contributed by atoms with Crippen molar-refractivity contribution in [3.05, 3.63) is 89.5 Å². The summed E-state index contributed by atoms with van der Waals surface area (Å²) in [5.41, 5.74) is 6.63. The van der Waals surface area contributed by atoms with Crippen molar-refractivity contribution in [2.24, 2.45) is 5.10 Å². The standard InChI is InChI=1S/C30H29N5O4/c1-30(2,3)39-29(38)34-24(14-18-10-6-4-7-11-18)28(37)32-20-15-21-25-22(17-31-35-27(21)36)26(33-23(25)16-20)19-12-8-5-9-13-19/h4-13,15-17,24,33H,14H2,1-3H3,(H,32,37)(H,34,38)(H,35,36)/t24-/m1/s1. The largest absolute Gasteiger partial charge is 0.444 e. The van der Waals surface area contributed by atoms with E-state index in [2.05, 4.69) is 26.1 Å². The van der Waals surface area contributed by atoms with Crippen molar-refractivity contribution in [3.8, 4) is 11.3 Å². The average molecular weight is 524 g/mol. The Labute approximate surface area is 225 Å². The number of hydrogen-bond donors (Lipinski definition) is 4. The summed E-state index contributed by atoms with van der Waals surface area (Å²) in [6, 6.07) is 21.6. The first-order valence-electron chi connectivity index (χ1n) is 12.6. The maximum absolute atomic E-state index is 13.5. The summed E-state index contributed by atoms with van der Waals surface area (Å²) in [7, 11) is 0. The van der Waals surface area contributed by atoms with Crippen LogP contribution in [0.5, 0.6) is 0 Å². The van der Waals surface area contributed by atoms with Gasteiger partial charge in [-0.25, -0.2) is 10.2 Å². The summed E-state index contributed by atoms with van der Waals surface area (Å²) in [6.07, 6.45) is 1.17. The van der Waals surface area contributed by atoms with Gasteiger partial charge in [0.15, 0.2) is 0 Å². The van der Waals surface area contributed by atoms with E-state index < -0.39 is 29.6 Å². The number of hydrazone groups is 1. The van der Waals surface area contributed by atoms with Crippen LogP contribution in [0.1, 0.15) is 42.3 Å². The van der Waals surface area contributed by atoms with Gasteiger partial charge in [-0.15, -0.1) is 0 Å². The van der Waals surface area contributed by atoms with Gasteiger partial charge in [0.05, 0.1) is 17.5 Å². The lowest BCUT2D eigenvalue weighted by molar-refractivity contribution is -0.118. The lowest BCUT2D eigenvalue weighted by Gasteiger charge is -2.23. The van der Waals surface area contributed by atoms with Gasteiger partial charge in [0.25, 0.3) is 5.91 Å². The second kappa shape index (κ2) is 10.4. The van der Waals surface area contributed by atoms with Crippen molar-refractivity contribution in [1.29, 1.82) is 0 Å². The summed E-state index contributed by atoms with van der Waals surface area (Å²) in [6.45, 7) is 5.27. The molecule has 0 saturated heterocycles. The number of carbonyl (C=O) groups excluding carboxylic acids is 3. The molecule has 39 heavy (non-hydrogen) atoms. The fourth-order valence-corrected chi connectivity index (χ4v) is 4.52. The van der Waals surface area contributed by atoms with Crippen LogP contribution in [0.15, 0.2) is 77.9 Å². The van der Waals surface area contributed by atoms with Gasteiger partial charge in [-0.3, -0.25) is 9.59 Å². The second-order valence-corrected chi connectivity index (χ2v) is 10.3. The van der Waals surface area contributed by atoms with E-state index in [-0.39, 0.29) is 6.42 Å². The SMILES string of the molecule is CC(C)(C)OC(=O)N[C@H](Cc1ccccc1)C(=O)Nc1cc2c3c(c(-c4ccccc4)[nH]c3c1)C=NNC2=O. The molecule has 0 unspecified atom stereocenters. The third-order valence-corrected chi connectivity index (χ3v) is 6.16. The molecule has 5 rings (SSSR count). The van der Waals surface area contributed by atoms with E-state index in [1.807, 2.05) is 60.7 Å². The van der Waals surface area contributed by atoms with Crippen molar-refractivity contribution in [2.75, 3.05) is 5.32 Å². The van der Waals surface area contributed by atoms with E-state index in [4.69, 9.17) is 4.74 Å². The Bertz CT molecular complexity index is 1570. The van der Waals surface area contributed by atoms with Gasteiger partial charge in [-0.2, -0.15) is 5.10 Å². The topological polar surface area (TPSA) is 125 Å². The Morgan fingerprint density at radius 3 is 2.38 bits per heavy atom. The molecule has 3 amide bonds. The number of anilines is 1. The Hall–Kier alpha value is -4.92. The molecule has 198 valence electrons. The second-order valence-electron chi connectivity index (χ2n) is 10.3. The van der Waals surface area contributed by atoms with Crippen LogP contribution in [-0.2, 0) is 16.0 Å². The number of aromatic nitrogens is 1. The molecule has 1 aromatic heterocycles. The Kier molecular flexibility index (Phi) is 6.89. The van der Waals surface area contributed by atoms with Gasteiger partial charge in [-0.05, 0) is 44.0 Å². The number of H-pyrrole nitrogens is 1. The molecule has 0 saturated carbocycles. The van der Waals surface area contributed by atoms with Gasteiger partial charge >= 0.3 is 6.09 Å². The van der Waals surface area contributed by atoms with E-state index in [0.717, 1.165) is 22.4 Å². The van der Waals surface area contributed by atoms with Gasteiger partial charge in [-0.1, -0.05) is 60.7 Å². The van der Waals surface area contributed by atoms with Crippen LogP contribution in [0.2, 0.25) is 0 Å². The van der Waals surface area contributed by atoms with E-state index in [9.17, 15) is 14.4 Å². The fourth-order valence-electron chi connectivity index (χ4n) is 4.52. The molecule has 1 atom stereocenters. The number of nitrogens with zero attached hydrogens (tertiary/aromatic N) is 1. The van der Waals surface area contributed by atoms with Gasteiger partial charge in [0, 0.05) is 28.6 Å². The number of carbonyl (C=O) groups is 3. The number of ether oxygens (including phenoxy) is 1. The van der Waals surface area contributed by atoms with Crippen LogP contribution in [0, 0.1) is 0 Å². The van der Waals surface area contributed by atoms with Crippen LogP contribution >= 0.6 is 0 Å². The lowest BCUT2D eigenvalue weighted by atomic mass is 10.0. The molecule has 1 aliphatic rings. The van der Waals surface area contributed by atoms with Crippen LogP contribution < -0.4 is 16.1 Å². The van der Waals surface area contributed by atoms with E-state index >= 15 is 0 Å². The summed E-state index contributed by atoms with van der Waals surface area (Å²) in [5, 5.41) is 10.4. The number of rotatable bonds is 6. The number of aromatic amines is 1. The highest BCUT2D eigenvalue weighted by atomic mass is 16.6. The highest BCUT2D eigenvalue weighted by Gasteiger charge is 2.27. The normalized spacial score (nSPS) is 13.4. The zero-order chi connectivity index (χ0) is 27.6. The quantitative estimate of drug-likeness (QED) is 0.284. The van der Waals surface area contributed by atoms with Crippen molar-refractivity contribution < 1.29 is 19.1 Å². The fraction of sp³-hybridized carbons (Fsp3) is 0.200. The van der Waals surface area contributed by atoms with Crippen LogP contribution in [-0.4, -0.2) is 40.7 Å². The number of hydrogen-bond acceptors (Lipinski definition) is 5. The van der Waals surface area contributed by atoms with Crippen LogP contribution in [0.25, 0.3) is 22.2 Å². The number of amides is 3. The highest BCUT2D eigenvalue weighted by Crippen LogP contribution is 2.34. The Morgan fingerprint density at radius 2 is 1.69 bits per heavy atom. The van der Waals surface area contributed by atoms with Crippen molar-refractivity contribution in [2.45, 2.75) is 38.8 Å². The third kappa shape index (κ3) is 5.82. The molecule has 4 aromatic rings. The highest BCUT2D eigenvalue weighted by molar-refractivity contribution is 6.18. The summed E-state index contributed by atoms with van der Waals surface area (Å²) in [4.78, 5) is 42.4. The van der Waals surface area contributed by atoms with E-state index in [1.165, 1.54) is 0 Å². The van der Waals surface area contributed by atoms with E-state index in [1.54, 1.807) is 39.1 Å².